The molecular weight excluding hydrogens is 277 g/mol. The topological polar surface area (TPSA) is 63.8 Å². The number of nitrogens with two attached hydrogens (primary N) is 1. The third kappa shape index (κ3) is 2.36. The molecule has 0 amide bonds. The summed E-state index contributed by atoms with van der Waals surface area (Å²) in [5.41, 5.74) is 5.22. The number of hydrogen-bond donors (Lipinski definition) is 2. The van der Waals surface area contributed by atoms with Crippen LogP contribution in [0.15, 0.2) is 0 Å². The van der Waals surface area contributed by atoms with E-state index in [0.717, 1.165) is 0 Å². The SMILES string of the molecule is Cc1nnc(NC2(C(F)(F)F)CC2)c(C(N)=S)c1C. The lowest BCUT2D eigenvalue weighted by molar-refractivity contribution is -0.151. The minimum Gasteiger partial charge on any atom is -0.389 e. The summed E-state index contributed by atoms with van der Waals surface area (Å²) in [6.07, 6.45) is -4.30. The maximum Gasteiger partial charge on any atom is 0.411 e. The number of nitrogens with one attached hydrogen (secondary N) is 1. The number of aryl methyl sites for hydroxylation is 1. The van der Waals surface area contributed by atoms with E-state index in [9.17, 15) is 13.2 Å². The van der Waals surface area contributed by atoms with Crippen LogP contribution in [0.5, 0.6) is 0 Å². The molecule has 8 heteroatoms. The molecule has 2 rings (SSSR count). The van der Waals surface area contributed by atoms with Crippen LogP contribution in [0, 0.1) is 13.8 Å². The molecule has 1 aliphatic carbocycles. The average Bonchev–Trinajstić information content (AvgIpc) is 3.03. The van der Waals surface area contributed by atoms with Gasteiger partial charge in [-0.15, -0.1) is 5.10 Å². The van der Waals surface area contributed by atoms with Gasteiger partial charge in [-0.25, -0.2) is 0 Å². The van der Waals surface area contributed by atoms with Gasteiger partial charge in [-0.1, -0.05) is 12.2 Å². The van der Waals surface area contributed by atoms with Crippen molar-refractivity contribution in [3.05, 3.63) is 16.8 Å². The zero-order valence-corrected chi connectivity index (χ0v) is 11.2. The first kappa shape index (κ1) is 14.0. The second kappa shape index (κ2) is 4.29. The molecule has 0 bridgehead atoms. The summed E-state index contributed by atoms with van der Waals surface area (Å²) < 4.78 is 38.8. The Labute approximate surface area is 113 Å². The fourth-order valence-electron chi connectivity index (χ4n) is 1.83. The number of thiocarbonyl (C=S) groups is 1. The van der Waals surface area contributed by atoms with E-state index in [4.69, 9.17) is 18.0 Å². The molecule has 104 valence electrons. The van der Waals surface area contributed by atoms with E-state index < -0.39 is 11.7 Å². The van der Waals surface area contributed by atoms with Crippen LogP contribution in [0.3, 0.4) is 0 Å². The van der Waals surface area contributed by atoms with Crippen molar-refractivity contribution in [1.29, 1.82) is 0 Å². The molecule has 3 N–H and O–H groups in total. The van der Waals surface area contributed by atoms with Crippen LogP contribution in [-0.2, 0) is 0 Å². The highest BCUT2D eigenvalue weighted by Crippen LogP contribution is 2.51. The third-order valence-corrected chi connectivity index (χ3v) is 3.56. The maximum absolute atomic E-state index is 12.9. The van der Waals surface area contributed by atoms with E-state index in [-0.39, 0.29) is 23.6 Å². The summed E-state index contributed by atoms with van der Waals surface area (Å²) in [4.78, 5) is 0.0102. The Balaban J connectivity index is 2.42. The number of nitrogens with zero attached hydrogens (tertiary/aromatic N) is 2. The molecule has 1 heterocycles. The largest absolute Gasteiger partial charge is 0.411 e. The number of alkyl halides is 3. The van der Waals surface area contributed by atoms with Crippen LogP contribution in [0.2, 0.25) is 0 Å². The number of halogens is 3. The fourth-order valence-corrected chi connectivity index (χ4v) is 2.08. The van der Waals surface area contributed by atoms with Crippen LogP contribution in [0.1, 0.15) is 29.7 Å². The normalized spacial score (nSPS) is 17.1. The molecule has 0 aromatic carbocycles. The highest BCUT2D eigenvalue weighted by atomic mass is 32.1. The van der Waals surface area contributed by atoms with Crippen LogP contribution >= 0.6 is 12.2 Å². The molecule has 0 atom stereocenters. The molecule has 4 nitrogen and oxygen atoms in total. The zero-order chi connectivity index (χ0) is 14.4. The monoisotopic (exact) mass is 290 g/mol. The summed E-state index contributed by atoms with van der Waals surface area (Å²) in [5.74, 6) is 0.00502. The molecule has 0 unspecified atom stereocenters. The lowest BCUT2D eigenvalue weighted by Gasteiger charge is -2.23. The molecule has 19 heavy (non-hydrogen) atoms. The van der Waals surface area contributed by atoms with Gasteiger partial charge < -0.3 is 11.1 Å². The van der Waals surface area contributed by atoms with Crippen molar-refractivity contribution < 1.29 is 13.2 Å². The summed E-state index contributed by atoms with van der Waals surface area (Å²) in [5, 5.41) is 10.0. The number of rotatable bonds is 3. The smallest absolute Gasteiger partial charge is 0.389 e. The third-order valence-electron chi connectivity index (χ3n) is 3.35. The molecule has 0 radical (unpaired) electrons. The van der Waals surface area contributed by atoms with Gasteiger partial charge >= 0.3 is 6.18 Å². The quantitative estimate of drug-likeness (QED) is 0.836. The van der Waals surface area contributed by atoms with E-state index in [0.29, 0.717) is 16.8 Å². The van der Waals surface area contributed by atoms with E-state index in [1.54, 1.807) is 13.8 Å². The summed E-state index contributed by atoms with van der Waals surface area (Å²) in [6, 6.07) is 0. The Morgan fingerprint density at radius 2 is 1.89 bits per heavy atom. The van der Waals surface area contributed by atoms with Gasteiger partial charge in [0.2, 0.25) is 0 Å². The molecule has 1 aliphatic rings. The molecule has 0 saturated heterocycles. The van der Waals surface area contributed by atoms with Crippen molar-refractivity contribution >= 4 is 23.0 Å². The van der Waals surface area contributed by atoms with Gasteiger partial charge in [-0.05, 0) is 32.3 Å². The highest BCUT2D eigenvalue weighted by Gasteiger charge is 2.64. The Morgan fingerprint density at radius 3 is 2.32 bits per heavy atom. The predicted octanol–water partition coefficient (Wildman–Crippen LogP) is 2.23. The zero-order valence-electron chi connectivity index (χ0n) is 10.4. The number of anilines is 1. The van der Waals surface area contributed by atoms with E-state index in [2.05, 4.69) is 15.5 Å². The Hall–Kier alpha value is -1.44. The Morgan fingerprint density at radius 1 is 1.32 bits per heavy atom. The van der Waals surface area contributed by atoms with Gasteiger partial charge in [0.25, 0.3) is 0 Å². The van der Waals surface area contributed by atoms with E-state index in [1.165, 1.54) is 0 Å². The lowest BCUT2D eigenvalue weighted by Crippen LogP contribution is -2.39. The van der Waals surface area contributed by atoms with Crippen molar-refractivity contribution in [2.75, 3.05) is 5.32 Å². The molecule has 1 aromatic heterocycles. The molecule has 1 fully saturated rings. The highest BCUT2D eigenvalue weighted by molar-refractivity contribution is 7.80. The summed E-state index contributed by atoms with van der Waals surface area (Å²) >= 11 is 4.89. The minimum absolute atomic E-state index is 0.00502. The van der Waals surface area contributed by atoms with Crippen molar-refractivity contribution in [3.63, 3.8) is 0 Å². The molecule has 0 spiro atoms. The Bertz CT molecular complexity index is 537. The van der Waals surface area contributed by atoms with E-state index >= 15 is 0 Å². The number of aromatic nitrogens is 2. The molecule has 0 aliphatic heterocycles. The van der Waals surface area contributed by atoms with Gasteiger partial charge in [0.15, 0.2) is 5.82 Å². The van der Waals surface area contributed by atoms with Crippen LogP contribution in [0.25, 0.3) is 0 Å². The average molecular weight is 290 g/mol. The fraction of sp³-hybridized carbons (Fsp3) is 0.545. The van der Waals surface area contributed by atoms with E-state index in [1.807, 2.05) is 0 Å². The minimum atomic E-state index is -4.33. The summed E-state index contributed by atoms with van der Waals surface area (Å²) in [7, 11) is 0. The predicted molar refractivity (Wildman–Crippen MR) is 69.0 cm³/mol. The van der Waals surface area contributed by atoms with Crippen molar-refractivity contribution in [3.8, 4) is 0 Å². The molecule has 1 saturated carbocycles. The van der Waals surface area contributed by atoms with Crippen molar-refractivity contribution in [1.82, 2.24) is 10.2 Å². The van der Waals surface area contributed by atoms with Gasteiger partial charge in [-0.3, -0.25) is 0 Å². The molecule has 1 aromatic rings. The first-order valence-corrected chi connectivity index (χ1v) is 6.07. The lowest BCUT2D eigenvalue weighted by atomic mass is 10.1. The van der Waals surface area contributed by atoms with Crippen LogP contribution in [0.4, 0.5) is 19.0 Å². The van der Waals surface area contributed by atoms with Gasteiger partial charge in [0.1, 0.15) is 10.5 Å². The van der Waals surface area contributed by atoms with Crippen LogP contribution in [-0.4, -0.2) is 26.9 Å². The van der Waals surface area contributed by atoms with Crippen LogP contribution < -0.4 is 11.1 Å². The second-order valence-electron chi connectivity index (χ2n) is 4.70. The standard InChI is InChI=1S/C11H13F3N4S/c1-5-6(2)17-18-9(7(5)8(15)19)16-10(3-4-10)11(12,13)14/h3-4H2,1-2H3,(H2,15,19)(H,16,18). The van der Waals surface area contributed by atoms with Gasteiger partial charge in [-0.2, -0.15) is 18.3 Å². The first-order valence-electron chi connectivity index (χ1n) is 5.66. The van der Waals surface area contributed by atoms with Crippen molar-refractivity contribution in [2.24, 2.45) is 5.73 Å². The first-order chi connectivity index (χ1) is 8.68. The second-order valence-corrected chi connectivity index (χ2v) is 5.14. The van der Waals surface area contributed by atoms with Crippen molar-refractivity contribution in [2.45, 2.75) is 38.4 Å². The van der Waals surface area contributed by atoms with Gasteiger partial charge in [0, 0.05) is 0 Å². The maximum atomic E-state index is 12.9. The molecular formula is C11H13F3N4S. The summed E-state index contributed by atoms with van der Waals surface area (Å²) in [6.45, 7) is 3.40. The Kier molecular flexibility index (Phi) is 3.16. The number of hydrogen-bond acceptors (Lipinski definition) is 4. The van der Waals surface area contributed by atoms with Gasteiger partial charge in [0.05, 0.1) is 11.3 Å².